The van der Waals surface area contributed by atoms with Crippen molar-refractivity contribution in [2.45, 2.75) is 156 Å². The molecule has 0 atom stereocenters. The second-order valence-corrected chi connectivity index (χ2v) is 37.0. The molecule has 0 saturated carbocycles. The SMILES string of the molecule is CC(C)(C)[Si](C)(C)Nc1cc(N[Si](C)(C)C(C)(C)C)c(O[Si](C)(C)C(C)(C)C)cc1O[Si](C)(C)C(C)(C)C. The summed E-state index contributed by atoms with van der Waals surface area (Å²) in [6.45, 7) is 47.0. The van der Waals surface area contributed by atoms with Crippen LogP contribution in [0.4, 0.5) is 11.4 Å². The zero-order valence-electron chi connectivity index (χ0n) is 29.0. The lowest BCUT2D eigenvalue weighted by atomic mass is 10.2. The normalized spacial score (nSPS) is 14.8. The number of hydrogen-bond donors (Lipinski definition) is 2. The van der Waals surface area contributed by atoms with Gasteiger partial charge >= 0.3 is 0 Å². The van der Waals surface area contributed by atoms with E-state index in [2.05, 4.69) is 158 Å². The number of rotatable bonds is 8. The molecule has 0 aliphatic carbocycles. The number of nitrogens with one attached hydrogen (secondary N) is 2. The van der Waals surface area contributed by atoms with Gasteiger partial charge in [-0.1, -0.05) is 109 Å². The summed E-state index contributed by atoms with van der Waals surface area (Å²) in [7, 11) is -7.93. The van der Waals surface area contributed by atoms with Crippen LogP contribution in [-0.4, -0.2) is 33.1 Å². The van der Waals surface area contributed by atoms with Crippen LogP contribution in [0, 0.1) is 0 Å². The standard InChI is InChI=1S/C30H64N2O2Si4/c1-27(2,3)35(13,14)31-23-21-24(32-36(15,16)28(4,5)6)26(34-38(19,20)30(10,11)12)22-25(23)33-37(17,18)29(7,8)9/h21-22,31-32H,1-20H3. The maximum absolute atomic E-state index is 7.07. The quantitative estimate of drug-likeness (QED) is 0.293. The van der Waals surface area contributed by atoms with E-state index < -0.39 is 33.1 Å². The molecule has 0 amide bonds. The molecule has 0 fully saturated rings. The number of benzene rings is 1. The molecule has 0 radical (unpaired) electrons. The summed E-state index contributed by atoms with van der Waals surface area (Å²) in [6.07, 6.45) is 0. The van der Waals surface area contributed by atoms with E-state index in [-0.39, 0.29) is 20.2 Å². The summed E-state index contributed by atoms with van der Waals surface area (Å²) in [4.78, 5) is 8.11. The van der Waals surface area contributed by atoms with E-state index >= 15 is 0 Å². The molecule has 0 saturated heterocycles. The highest BCUT2D eigenvalue weighted by Crippen LogP contribution is 2.48. The second-order valence-electron chi connectivity index (χ2n) is 17.6. The van der Waals surface area contributed by atoms with Gasteiger partial charge in [0.1, 0.15) is 11.5 Å². The molecule has 1 rings (SSSR count). The van der Waals surface area contributed by atoms with Crippen LogP contribution >= 0.6 is 0 Å². The van der Waals surface area contributed by atoms with Crippen molar-refractivity contribution in [2.75, 3.05) is 9.96 Å². The summed E-state index contributed by atoms with van der Waals surface area (Å²) in [5.41, 5.74) is 2.20. The zero-order valence-corrected chi connectivity index (χ0v) is 33.0. The van der Waals surface area contributed by atoms with Crippen LogP contribution in [0.3, 0.4) is 0 Å². The maximum Gasteiger partial charge on any atom is 0.250 e. The molecule has 0 aliphatic rings. The van der Waals surface area contributed by atoms with Crippen molar-refractivity contribution in [3.05, 3.63) is 12.1 Å². The van der Waals surface area contributed by atoms with Gasteiger partial charge in [-0.15, -0.1) is 0 Å². The van der Waals surface area contributed by atoms with Crippen molar-refractivity contribution in [1.82, 2.24) is 0 Å². The minimum atomic E-state index is -2.09. The van der Waals surface area contributed by atoms with Crippen molar-refractivity contribution in [2.24, 2.45) is 0 Å². The highest BCUT2D eigenvalue weighted by atomic mass is 28.4. The van der Waals surface area contributed by atoms with Crippen molar-refractivity contribution in [1.29, 1.82) is 0 Å². The van der Waals surface area contributed by atoms with Gasteiger partial charge in [-0.2, -0.15) is 0 Å². The number of hydrogen-bond acceptors (Lipinski definition) is 4. The summed E-state index contributed by atoms with van der Waals surface area (Å²) in [5, 5.41) is 0.564. The Hall–Kier alpha value is -0.712. The average Bonchev–Trinajstić information content (AvgIpc) is 2.60. The second kappa shape index (κ2) is 10.6. The fourth-order valence-corrected chi connectivity index (χ4v) is 7.37. The van der Waals surface area contributed by atoms with E-state index in [1.165, 1.54) is 0 Å². The van der Waals surface area contributed by atoms with Crippen LogP contribution < -0.4 is 18.8 Å². The molecular weight excluding hydrogens is 533 g/mol. The van der Waals surface area contributed by atoms with Gasteiger partial charge in [0, 0.05) is 6.07 Å². The van der Waals surface area contributed by atoms with Crippen LogP contribution in [-0.2, 0) is 0 Å². The van der Waals surface area contributed by atoms with Gasteiger partial charge in [-0.3, -0.25) is 0 Å². The van der Waals surface area contributed by atoms with Gasteiger partial charge < -0.3 is 18.8 Å². The Morgan fingerprint density at radius 1 is 0.447 bits per heavy atom. The van der Waals surface area contributed by atoms with Crippen molar-refractivity contribution in [3.63, 3.8) is 0 Å². The monoisotopic (exact) mass is 596 g/mol. The molecule has 1 aromatic rings. The highest BCUT2D eigenvalue weighted by Gasteiger charge is 2.44. The van der Waals surface area contributed by atoms with Gasteiger partial charge in [0.2, 0.25) is 0 Å². The largest absolute Gasteiger partial charge is 0.542 e. The molecule has 0 heterocycles. The first-order valence-electron chi connectivity index (χ1n) is 14.5. The third-order valence-corrected chi connectivity index (χ3v) is 28.0. The van der Waals surface area contributed by atoms with Crippen LogP contribution in [0.1, 0.15) is 83.1 Å². The lowest BCUT2D eigenvalue weighted by molar-refractivity contribution is 0.477. The molecule has 0 spiro atoms. The Kier molecular flexibility index (Phi) is 9.85. The van der Waals surface area contributed by atoms with Crippen molar-refractivity contribution < 1.29 is 8.85 Å². The lowest BCUT2D eigenvalue weighted by Crippen LogP contribution is -2.48. The first kappa shape index (κ1) is 35.3. The molecule has 38 heavy (non-hydrogen) atoms. The molecule has 1 aromatic carbocycles. The molecular formula is C30H64N2O2Si4. The third kappa shape index (κ3) is 8.16. The molecule has 4 nitrogen and oxygen atoms in total. The fraction of sp³-hybridized carbons (Fsp3) is 0.800. The third-order valence-electron chi connectivity index (χ3n) is 10.1. The van der Waals surface area contributed by atoms with Gasteiger partial charge in [-0.25, -0.2) is 0 Å². The van der Waals surface area contributed by atoms with E-state index in [4.69, 9.17) is 8.85 Å². The first-order chi connectivity index (χ1) is 16.3. The Morgan fingerprint density at radius 2 is 0.711 bits per heavy atom. The number of anilines is 2. The summed E-state index contributed by atoms with van der Waals surface area (Å²) in [5.74, 6) is 1.88. The predicted molar refractivity (Wildman–Crippen MR) is 184 cm³/mol. The lowest BCUT2D eigenvalue weighted by Gasteiger charge is -2.43. The smallest absolute Gasteiger partial charge is 0.250 e. The summed E-state index contributed by atoms with van der Waals surface area (Å²) < 4.78 is 14.1. The first-order valence-corrected chi connectivity index (χ1v) is 26.3. The van der Waals surface area contributed by atoms with Crippen LogP contribution in [0.25, 0.3) is 0 Å². The van der Waals surface area contributed by atoms with Gasteiger partial charge in [-0.05, 0) is 52.4 Å². The Morgan fingerprint density at radius 3 is 0.921 bits per heavy atom. The molecule has 2 N–H and O–H groups in total. The van der Waals surface area contributed by atoms with Gasteiger partial charge in [0.25, 0.3) is 16.6 Å². The van der Waals surface area contributed by atoms with Gasteiger partial charge in [0.05, 0.1) is 11.4 Å². The molecule has 0 bridgehead atoms. The molecule has 222 valence electrons. The highest BCUT2D eigenvalue weighted by molar-refractivity contribution is 6.84. The average molecular weight is 597 g/mol. The Bertz CT molecular complexity index is 820. The minimum Gasteiger partial charge on any atom is -0.542 e. The van der Waals surface area contributed by atoms with E-state index in [0.717, 1.165) is 22.9 Å². The minimum absolute atomic E-state index is 0.0970. The van der Waals surface area contributed by atoms with Crippen LogP contribution in [0.5, 0.6) is 11.5 Å². The zero-order chi connectivity index (χ0) is 30.6. The van der Waals surface area contributed by atoms with Gasteiger partial charge in [0.15, 0.2) is 16.5 Å². The van der Waals surface area contributed by atoms with Crippen LogP contribution in [0.15, 0.2) is 12.1 Å². The molecule has 0 aliphatic heterocycles. The maximum atomic E-state index is 7.07. The van der Waals surface area contributed by atoms with E-state index in [1.807, 2.05) is 0 Å². The fourth-order valence-electron chi connectivity index (χ4n) is 2.83. The Labute approximate surface area is 241 Å². The predicted octanol–water partition coefficient (Wildman–Crippen LogP) is 11.3. The molecule has 8 heteroatoms. The molecule has 0 aromatic heterocycles. The van der Waals surface area contributed by atoms with E-state index in [0.29, 0.717) is 0 Å². The van der Waals surface area contributed by atoms with Crippen molar-refractivity contribution in [3.8, 4) is 11.5 Å². The Balaban J connectivity index is 3.99. The van der Waals surface area contributed by atoms with E-state index in [9.17, 15) is 0 Å². The van der Waals surface area contributed by atoms with E-state index in [1.54, 1.807) is 0 Å². The summed E-state index contributed by atoms with van der Waals surface area (Å²) >= 11 is 0. The summed E-state index contributed by atoms with van der Waals surface area (Å²) in [6, 6.07) is 4.53. The topological polar surface area (TPSA) is 42.5 Å². The van der Waals surface area contributed by atoms with Crippen molar-refractivity contribution >= 4 is 44.5 Å². The molecule has 0 unspecified atom stereocenters. The van der Waals surface area contributed by atoms with Crippen LogP contribution in [0.2, 0.25) is 72.5 Å².